The zero-order valence-electron chi connectivity index (χ0n) is 13.2. The van der Waals surface area contributed by atoms with Gasteiger partial charge >= 0.3 is 11.8 Å². The van der Waals surface area contributed by atoms with E-state index in [-0.39, 0.29) is 17.7 Å². The fourth-order valence-corrected chi connectivity index (χ4v) is 1.96. The largest absolute Gasteiger partial charge is 0.493 e. The molecule has 1 aromatic carbocycles. The minimum absolute atomic E-state index is 0.153. The standard InChI is InChI=1S/C15H16N4O4/c1-8(2)12-16-14(22-18-12)15-17-13(19-23-15)9-5-6-10(20-3)11(7-9)21-4/h5-8H,1-4H3. The number of hydrogen-bond acceptors (Lipinski definition) is 8. The second kappa shape index (κ2) is 6.07. The third-order valence-corrected chi connectivity index (χ3v) is 3.21. The van der Waals surface area contributed by atoms with Gasteiger partial charge < -0.3 is 18.5 Å². The van der Waals surface area contributed by atoms with Gasteiger partial charge in [-0.1, -0.05) is 24.2 Å². The zero-order valence-corrected chi connectivity index (χ0v) is 13.2. The molecule has 23 heavy (non-hydrogen) atoms. The number of rotatable bonds is 5. The summed E-state index contributed by atoms with van der Waals surface area (Å²) in [5.41, 5.74) is 0.723. The van der Waals surface area contributed by atoms with E-state index in [2.05, 4.69) is 20.3 Å². The molecule has 3 aromatic rings. The van der Waals surface area contributed by atoms with E-state index in [0.29, 0.717) is 23.1 Å². The molecule has 0 saturated carbocycles. The van der Waals surface area contributed by atoms with Crippen molar-refractivity contribution in [3.05, 3.63) is 24.0 Å². The van der Waals surface area contributed by atoms with Crippen molar-refractivity contribution in [3.63, 3.8) is 0 Å². The Kier molecular flexibility index (Phi) is 3.96. The van der Waals surface area contributed by atoms with E-state index in [1.54, 1.807) is 26.4 Å². The normalized spacial score (nSPS) is 11.0. The van der Waals surface area contributed by atoms with Crippen molar-refractivity contribution in [1.82, 2.24) is 20.3 Å². The van der Waals surface area contributed by atoms with E-state index in [1.165, 1.54) is 0 Å². The van der Waals surface area contributed by atoms with Crippen LogP contribution in [-0.2, 0) is 0 Å². The Bertz CT molecular complexity index is 809. The summed E-state index contributed by atoms with van der Waals surface area (Å²) in [6, 6.07) is 5.35. The maximum Gasteiger partial charge on any atom is 0.316 e. The highest BCUT2D eigenvalue weighted by Gasteiger charge is 2.19. The lowest BCUT2D eigenvalue weighted by Gasteiger charge is -2.07. The van der Waals surface area contributed by atoms with E-state index in [1.807, 2.05) is 19.9 Å². The predicted octanol–water partition coefficient (Wildman–Crippen LogP) is 2.93. The van der Waals surface area contributed by atoms with Gasteiger partial charge in [-0.05, 0) is 18.2 Å². The molecule has 0 radical (unpaired) electrons. The maximum atomic E-state index is 5.27. The summed E-state index contributed by atoms with van der Waals surface area (Å²) >= 11 is 0. The summed E-state index contributed by atoms with van der Waals surface area (Å²) in [6.07, 6.45) is 0. The van der Waals surface area contributed by atoms with E-state index >= 15 is 0 Å². The average Bonchev–Trinajstić information content (AvgIpc) is 3.23. The molecular weight excluding hydrogens is 300 g/mol. The van der Waals surface area contributed by atoms with Crippen molar-refractivity contribution in [2.75, 3.05) is 14.2 Å². The summed E-state index contributed by atoms with van der Waals surface area (Å²) in [4.78, 5) is 8.51. The number of methoxy groups -OCH3 is 2. The second-order valence-corrected chi connectivity index (χ2v) is 5.11. The van der Waals surface area contributed by atoms with Gasteiger partial charge in [-0.3, -0.25) is 0 Å². The highest BCUT2D eigenvalue weighted by Crippen LogP contribution is 2.31. The molecule has 0 fully saturated rings. The molecule has 2 heterocycles. The van der Waals surface area contributed by atoms with Crippen LogP contribution in [0.2, 0.25) is 0 Å². The molecule has 3 rings (SSSR count). The molecular formula is C15H16N4O4. The van der Waals surface area contributed by atoms with Crippen molar-refractivity contribution < 1.29 is 18.5 Å². The zero-order chi connectivity index (χ0) is 16.4. The molecule has 0 atom stereocenters. The van der Waals surface area contributed by atoms with Gasteiger partial charge in [-0.25, -0.2) is 0 Å². The lowest BCUT2D eigenvalue weighted by molar-refractivity contribution is 0.355. The third kappa shape index (κ3) is 2.87. The van der Waals surface area contributed by atoms with E-state index in [9.17, 15) is 0 Å². The summed E-state index contributed by atoms with van der Waals surface area (Å²) in [6.45, 7) is 3.94. The lowest BCUT2D eigenvalue weighted by Crippen LogP contribution is -1.91. The van der Waals surface area contributed by atoms with Gasteiger partial charge in [0.05, 0.1) is 14.2 Å². The molecule has 0 saturated heterocycles. The highest BCUT2D eigenvalue weighted by atomic mass is 16.5. The molecule has 0 aliphatic heterocycles. The van der Waals surface area contributed by atoms with Gasteiger partial charge in [-0.2, -0.15) is 9.97 Å². The third-order valence-electron chi connectivity index (χ3n) is 3.21. The Labute approximate surface area is 132 Å². The van der Waals surface area contributed by atoms with Crippen LogP contribution in [-0.4, -0.2) is 34.5 Å². The number of aromatic nitrogens is 4. The van der Waals surface area contributed by atoms with Crippen LogP contribution in [0.4, 0.5) is 0 Å². The van der Waals surface area contributed by atoms with Crippen molar-refractivity contribution in [1.29, 1.82) is 0 Å². The monoisotopic (exact) mass is 316 g/mol. The molecule has 0 aliphatic rings. The first-order valence-corrected chi connectivity index (χ1v) is 7.02. The molecule has 120 valence electrons. The second-order valence-electron chi connectivity index (χ2n) is 5.11. The average molecular weight is 316 g/mol. The van der Waals surface area contributed by atoms with Gasteiger partial charge in [0.15, 0.2) is 17.3 Å². The van der Waals surface area contributed by atoms with Gasteiger partial charge in [0.1, 0.15) is 0 Å². The van der Waals surface area contributed by atoms with Gasteiger partial charge in [0.2, 0.25) is 5.82 Å². The molecule has 2 aromatic heterocycles. The Morgan fingerprint density at radius 3 is 2.26 bits per heavy atom. The van der Waals surface area contributed by atoms with Crippen LogP contribution >= 0.6 is 0 Å². The number of hydrogen-bond donors (Lipinski definition) is 0. The van der Waals surface area contributed by atoms with Gasteiger partial charge in [0.25, 0.3) is 0 Å². The fraction of sp³-hybridized carbons (Fsp3) is 0.333. The molecule has 0 aliphatic carbocycles. The van der Waals surface area contributed by atoms with Crippen LogP contribution in [0.15, 0.2) is 27.2 Å². The SMILES string of the molecule is COc1ccc(-c2noc(-c3nc(C(C)C)no3)n2)cc1OC. The number of benzene rings is 1. The first kappa shape index (κ1) is 15.0. The topological polar surface area (TPSA) is 96.3 Å². The Morgan fingerprint density at radius 2 is 1.61 bits per heavy atom. The van der Waals surface area contributed by atoms with Crippen LogP contribution in [0.25, 0.3) is 23.2 Å². The fourth-order valence-electron chi connectivity index (χ4n) is 1.96. The molecule has 0 bridgehead atoms. The summed E-state index contributed by atoms with van der Waals surface area (Å²) in [5, 5.41) is 7.81. The van der Waals surface area contributed by atoms with E-state index < -0.39 is 0 Å². The quantitative estimate of drug-likeness (QED) is 0.709. The maximum absolute atomic E-state index is 5.27. The Morgan fingerprint density at radius 1 is 0.913 bits per heavy atom. The first-order valence-electron chi connectivity index (χ1n) is 7.02. The van der Waals surface area contributed by atoms with E-state index in [0.717, 1.165) is 5.56 Å². The Hall–Kier alpha value is -2.90. The number of ether oxygens (including phenoxy) is 2. The predicted molar refractivity (Wildman–Crippen MR) is 80.2 cm³/mol. The minimum Gasteiger partial charge on any atom is -0.493 e. The molecule has 8 heteroatoms. The van der Waals surface area contributed by atoms with Gasteiger partial charge in [0, 0.05) is 11.5 Å². The van der Waals surface area contributed by atoms with Crippen LogP contribution in [0.3, 0.4) is 0 Å². The lowest BCUT2D eigenvalue weighted by atomic mass is 10.2. The van der Waals surface area contributed by atoms with Crippen LogP contribution in [0, 0.1) is 0 Å². The Balaban J connectivity index is 1.92. The van der Waals surface area contributed by atoms with Crippen molar-refractivity contribution in [2.24, 2.45) is 0 Å². The molecule has 0 spiro atoms. The number of nitrogens with zero attached hydrogens (tertiary/aromatic N) is 4. The summed E-state index contributed by atoms with van der Waals surface area (Å²) in [5.74, 6) is 2.72. The van der Waals surface area contributed by atoms with Gasteiger partial charge in [-0.15, -0.1) is 0 Å². The van der Waals surface area contributed by atoms with Crippen molar-refractivity contribution in [3.8, 4) is 34.7 Å². The van der Waals surface area contributed by atoms with Crippen molar-refractivity contribution >= 4 is 0 Å². The summed E-state index contributed by atoms with van der Waals surface area (Å²) < 4.78 is 20.8. The summed E-state index contributed by atoms with van der Waals surface area (Å²) in [7, 11) is 3.14. The molecule has 8 nitrogen and oxygen atoms in total. The van der Waals surface area contributed by atoms with Crippen LogP contribution in [0.5, 0.6) is 11.5 Å². The molecule has 0 N–H and O–H groups in total. The smallest absolute Gasteiger partial charge is 0.316 e. The minimum atomic E-state index is 0.153. The van der Waals surface area contributed by atoms with Crippen LogP contribution in [0.1, 0.15) is 25.6 Å². The first-order chi connectivity index (χ1) is 11.1. The molecule has 0 amide bonds. The van der Waals surface area contributed by atoms with Crippen molar-refractivity contribution in [2.45, 2.75) is 19.8 Å². The van der Waals surface area contributed by atoms with E-state index in [4.69, 9.17) is 18.5 Å². The van der Waals surface area contributed by atoms with Crippen LogP contribution < -0.4 is 9.47 Å². The highest BCUT2D eigenvalue weighted by molar-refractivity contribution is 5.61. The molecule has 0 unspecified atom stereocenters.